The summed E-state index contributed by atoms with van der Waals surface area (Å²) >= 11 is 5.18. The molecule has 1 rings (SSSR count). The van der Waals surface area contributed by atoms with E-state index in [0.717, 1.165) is 0 Å². The Morgan fingerprint density at radius 1 is 2.00 bits per heavy atom. The van der Waals surface area contributed by atoms with E-state index in [1.54, 1.807) is 0 Å². The predicted octanol–water partition coefficient (Wildman–Crippen LogP) is 0.650. The van der Waals surface area contributed by atoms with Crippen molar-refractivity contribution in [3.63, 3.8) is 0 Å². The van der Waals surface area contributed by atoms with E-state index in [9.17, 15) is 0 Å². The van der Waals surface area contributed by atoms with Gasteiger partial charge >= 0.3 is 0 Å². The second-order valence-corrected chi connectivity index (χ2v) is 1.14. The average molecular weight is 104 g/mol. The van der Waals surface area contributed by atoms with Crippen molar-refractivity contribution in [2.24, 2.45) is 4.99 Å². The fraction of sp³-hybridized carbons (Fsp3) is 0.333. The SMILES string of the molecule is ClC1=NC[C]O1. The second kappa shape index (κ2) is 1.47. The lowest BCUT2D eigenvalue weighted by Crippen LogP contribution is -1.79. The Kier molecular flexibility index (Phi) is 0.965. The van der Waals surface area contributed by atoms with Gasteiger partial charge in [0.1, 0.15) is 0 Å². The predicted molar refractivity (Wildman–Crippen MR) is 22.5 cm³/mol. The Labute approximate surface area is 40.8 Å². The maximum absolute atomic E-state index is 5.18. The quantitative estimate of drug-likeness (QED) is 0.441. The number of nitrogens with zero attached hydrogens (tertiary/aromatic N) is 1. The summed E-state index contributed by atoms with van der Waals surface area (Å²) in [6.07, 6.45) is 0. The van der Waals surface area contributed by atoms with Crippen molar-refractivity contribution in [2.45, 2.75) is 0 Å². The normalized spacial score (nSPS) is 19.8. The van der Waals surface area contributed by atoms with E-state index < -0.39 is 0 Å². The van der Waals surface area contributed by atoms with Gasteiger partial charge in [0, 0.05) is 0 Å². The lowest BCUT2D eigenvalue weighted by Gasteiger charge is -1.80. The summed E-state index contributed by atoms with van der Waals surface area (Å²) in [4.78, 5) is 3.58. The van der Waals surface area contributed by atoms with Crippen molar-refractivity contribution >= 4 is 17.0 Å². The molecule has 0 saturated carbocycles. The molecule has 0 aromatic heterocycles. The minimum Gasteiger partial charge on any atom is -0.452 e. The third-order valence-corrected chi connectivity index (χ3v) is 0.621. The molecule has 0 N–H and O–H groups in total. The fourth-order valence-corrected chi connectivity index (χ4v) is 0.333. The van der Waals surface area contributed by atoms with Gasteiger partial charge in [-0.15, -0.1) is 0 Å². The van der Waals surface area contributed by atoms with E-state index in [1.807, 2.05) is 0 Å². The number of hydrogen-bond donors (Lipinski definition) is 0. The molecule has 2 radical (unpaired) electrons. The van der Waals surface area contributed by atoms with Crippen LogP contribution in [-0.4, -0.2) is 11.9 Å². The molecule has 0 saturated heterocycles. The number of hydrogen-bond acceptors (Lipinski definition) is 2. The standard InChI is InChI=1S/C3H2ClNO/c4-3-5-1-2-6-3/h1H2. The first-order valence-corrected chi connectivity index (χ1v) is 1.87. The first-order chi connectivity index (χ1) is 2.89. The lowest BCUT2D eigenvalue weighted by molar-refractivity contribution is 0.436. The molecule has 1 heterocycles. The van der Waals surface area contributed by atoms with Gasteiger partial charge in [-0.3, -0.25) is 0 Å². The topological polar surface area (TPSA) is 21.6 Å². The van der Waals surface area contributed by atoms with Crippen molar-refractivity contribution in [3.8, 4) is 0 Å². The zero-order valence-corrected chi connectivity index (χ0v) is 3.70. The van der Waals surface area contributed by atoms with Crippen LogP contribution in [0.3, 0.4) is 0 Å². The Bertz CT molecular complexity index is 80.9. The Morgan fingerprint density at radius 2 is 2.83 bits per heavy atom. The summed E-state index contributed by atoms with van der Waals surface area (Å²) in [5, 5.41) is 0.190. The zero-order valence-electron chi connectivity index (χ0n) is 2.94. The zero-order chi connectivity index (χ0) is 4.41. The first-order valence-electron chi connectivity index (χ1n) is 1.49. The Balaban J connectivity index is 2.45. The minimum atomic E-state index is 0.190. The molecule has 0 atom stereocenters. The number of halogens is 1. The van der Waals surface area contributed by atoms with E-state index in [0.29, 0.717) is 6.54 Å². The van der Waals surface area contributed by atoms with Crippen molar-refractivity contribution in [2.75, 3.05) is 6.54 Å². The van der Waals surface area contributed by atoms with Gasteiger partial charge in [-0.1, -0.05) is 0 Å². The molecule has 0 aromatic carbocycles. The van der Waals surface area contributed by atoms with Crippen LogP contribution in [0.1, 0.15) is 0 Å². The molecule has 0 fully saturated rings. The highest BCUT2D eigenvalue weighted by Crippen LogP contribution is 1.99. The summed E-state index contributed by atoms with van der Waals surface area (Å²) in [5.74, 6) is 0. The molecule has 0 bridgehead atoms. The summed E-state index contributed by atoms with van der Waals surface area (Å²) in [5.41, 5.74) is 0. The van der Waals surface area contributed by atoms with Crippen LogP contribution in [0, 0.1) is 6.61 Å². The average Bonchev–Trinajstić information content (AvgIpc) is 1.86. The van der Waals surface area contributed by atoms with Crippen LogP contribution in [0.25, 0.3) is 0 Å². The third kappa shape index (κ3) is 0.627. The van der Waals surface area contributed by atoms with Gasteiger partial charge < -0.3 is 4.74 Å². The molecule has 1 aliphatic rings. The fourth-order valence-electron chi connectivity index (χ4n) is 0.219. The van der Waals surface area contributed by atoms with E-state index in [-0.39, 0.29) is 5.36 Å². The Morgan fingerprint density at radius 3 is 3.00 bits per heavy atom. The van der Waals surface area contributed by atoms with Gasteiger partial charge in [-0.2, -0.15) is 0 Å². The smallest absolute Gasteiger partial charge is 0.283 e. The minimum absolute atomic E-state index is 0.190. The van der Waals surface area contributed by atoms with Gasteiger partial charge in [0.15, 0.2) is 0 Å². The molecule has 0 spiro atoms. The van der Waals surface area contributed by atoms with Gasteiger partial charge in [0.05, 0.1) is 6.54 Å². The molecule has 32 valence electrons. The summed E-state index contributed by atoms with van der Waals surface area (Å²) in [6, 6.07) is 0. The van der Waals surface area contributed by atoms with Gasteiger partial charge in [0.25, 0.3) is 5.36 Å². The van der Waals surface area contributed by atoms with Gasteiger partial charge in [-0.05, 0) is 11.6 Å². The molecule has 1 aliphatic heterocycles. The second-order valence-electron chi connectivity index (χ2n) is 0.816. The maximum Gasteiger partial charge on any atom is 0.283 e. The van der Waals surface area contributed by atoms with Gasteiger partial charge in [-0.25, -0.2) is 4.99 Å². The highest BCUT2D eigenvalue weighted by Gasteiger charge is 2.01. The molecule has 0 amide bonds. The summed E-state index contributed by atoms with van der Waals surface area (Å²) < 4.78 is 4.42. The monoisotopic (exact) mass is 103 g/mol. The summed E-state index contributed by atoms with van der Waals surface area (Å²) in [6.45, 7) is 2.91. The van der Waals surface area contributed by atoms with E-state index >= 15 is 0 Å². The van der Waals surface area contributed by atoms with E-state index in [4.69, 9.17) is 11.6 Å². The third-order valence-electron chi connectivity index (χ3n) is 0.424. The number of aliphatic imine (C=N–C) groups is 1. The lowest BCUT2D eigenvalue weighted by atomic mass is 10.8. The molecule has 0 aromatic rings. The van der Waals surface area contributed by atoms with Crippen molar-refractivity contribution in [3.05, 3.63) is 6.61 Å². The highest BCUT2D eigenvalue weighted by molar-refractivity contribution is 6.63. The largest absolute Gasteiger partial charge is 0.452 e. The maximum atomic E-state index is 5.18. The Hall–Kier alpha value is -0.240. The number of rotatable bonds is 0. The molecule has 2 nitrogen and oxygen atoms in total. The molecule has 3 heteroatoms. The van der Waals surface area contributed by atoms with Crippen LogP contribution in [0.2, 0.25) is 0 Å². The number of ether oxygens (including phenoxy) is 1. The van der Waals surface area contributed by atoms with E-state index in [1.165, 1.54) is 0 Å². The van der Waals surface area contributed by atoms with Crippen LogP contribution >= 0.6 is 11.6 Å². The van der Waals surface area contributed by atoms with Crippen molar-refractivity contribution < 1.29 is 4.74 Å². The van der Waals surface area contributed by atoms with Crippen LogP contribution in [0.5, 0.6) is 0 Å². The molecule has 0 aliphatic carbocycles. The summed E-state index contributed by atoms with van der Waals surface area (Å²) in [7, 11) is 0. The first kappa shape index (κ1) is 3.93. The highest BCUT2D eigenvalue weighted by atomic mass is 35.5. The molecular formula is C3H2ClNO. The van der Waals surface area contributed by atoms with Crippen molar-refractivity contribution in [1.82, 2.24) is 0 Å². The van der Waals surface area contributed by atoms with Crippen LogP contribution in [-0.2, 0) is 4.74 Å². The molecular weight excluding hydrogens is 101 g/mol. The van der Waals surface area contributed by atoms with Crippen molar-refractivity contribution in [1.29, 1.82) is 0 Å². The van der Waals surface area contributed by atoms with Crippen LogP contribution < -0.4 is 0 Å². The molecule has 6 heavy (non-hydrogen) atoms. The van der Waals surface area contributed by atoms with E-state index in [2.05, 4.69) is 16.3 Å². The van der Waals surface area contributed by atoms with Crippen LogP contribution in [0.4, 0.5) is 0 Å². The van der Waals surface area contributed by atoms with Crippen LogP contribution in [0.15, 0.2) is 4.99 Å². The van der Waals surface area contributed by atoms with Gasteiger partial charge in [0.2, 0.25) is 6.61 Å². The molecule has 0 unspecified atom stereocenters.